The number of nitrogens with zero attached hydrogens (tertiary/aromatic N) is 3. The molecule has 2 amide bonds. The molecule has 1 heterocycles. The van der Waals surface area contributed by atoms with Gasteiger partial charge in [0, 0.05) is 19.2 Å². The van der Waals surface area contributed by atoms with E-state index in [4.69, 9.17) is 10.00 Å². The summed E-state index contributed by atoms with van der Waals surface area (Å²) in [6.07, 6.45) is 0. The molecule has 0 fully saturated rings. The minimum atomic E-state index is -0.431. The molecule has 158 valence electrons. The Morgan fingerprint density at radius 1 is 0.906 bits per heavy atom. The standard InChI is InChI=1S/C26H21N3O3/c1-28(17-19-8-4-3-5-9-19)24-23(21-10-6-7-11-22(21)32-2)25(30)29(26(24)31)20-14-12-18(16-27)13-15-20/h3-15H,17H2,1-2H3. The zero-order valence-electron chi connectivity index (χ0n) is 17.8. The summed E-state index contributed by atoms with van der Waals surface area (Å²) < 4.78 is 5.49. The van der Waals surface area contributed by atoms with Crippen LogP contribution < -0.4 is 9.64 Å². The fourth-order valence-corrected chi connectivity index (χ4v) is 3.82. The number of amides is 2. The molecule has 0 saturated carbocycles. The molecule has 0 atom stereocenters. The predicted octanol–water partition coefficient (Wildman–Crippen LogP) is 3.98. The molecule has 0 unspecified atom stereocenters. The molecular weight excluding hydrogens is 402 g/mol. The van der Waals surface area contributed by atoms with Crippen molar-refractivity contribution in [2.45, 2.75) is 6.54 Å². The molecule has 0 bridgehead atoms. The van der Waals surface area contributed by atoms with E-state index in [9.17, 15) is 9.59 Å². The van der Waals surface area contributed by atoms with Crippen molar-refractivity contribution in [2.75, 3.05) is 19.1 Å². The Morgan fingerprint density at radius 3 is 2.22 bits per heavy atom. The van der Waals surface area contributed by atoms with E-state index in [0.717, 1.165) is 10.5 Å². The largest absolute Gasteiger partial charge is 0.496 e. The van der Waals surface area contributed by atoms with Crippen LogP contribution in [0.5, 0.6) is 5.75 Å². The van der Waals surface area contributed by atoms with Crippen molar-refractivity contribution in [3.05, 3.63) is 101 Å². The fraction of sp³-hybridized carbons (Fsp3) is 0.115. The van der Waals surface area contributed by atoms with Gasteiger partial charge in [-0.3, -0.25) is 9.59 Å². The number of hydrogen-bond donors (Lipinski definition) is 0. The number of anilines is 1. The van der Waals surface area contributed by atoms with Crippen LogP contribution >= 0.6 is 0 Å². The lowest BCUT2D eigenvalue weighted by molar-refractivity contribution is -0.120. The summed E-state index contributed by atoms with van der Waals surface area (Å²) in [6.45, 7) is 0.453. The van der Waals surface area contributed by atoms with Gasteiger partial charge in [0.1, 0.15) is 11.4 Å². The number of para-hydroxylation sites is 1. The number of methoxy groups -OCH3 is 1. The Hall–Kier alpha value is -4.37. The molecular formula is C26H21N3O3. The van der Waals surface area contributed by atoms with E-state index in [1.165, 1.54) is 7.11 Å². The lowest BCUT2D eigenvalue weighted by Crippen LogP contribution is -2.34. The second kappa shape index (κ2) is 8.78. The Balaban J connectivity index is 1.83. The first kappa shape index (κ1) is 20.9. The van der Waals surface area contributed by atoms with Crippen LogP contribution in [0.25, 0.3) is 5.57 Å². The molecule has 0 saturated heterocycles. The van der Waals surface area contributed by atoms with Crippen molar-refractivity contribution in [2.24, 2.45) is 0 Å². The quantitative estimate of drug-likeness (QED) is 0.561. The van der Waals surface area contributed by atoms with E-state index in [0.29, 0.717) is 34.8 Å². The molecule has 6 heteroatoms. The number of likely N-dealkylation sites (N-methyl/N-ethyl adjacent to an activating group) is 1. The number of carbonyl (C=O) groups excluding carboxylic acids is 2. The van der Waals surface area contributed by atoms with Crippen molar-refractivity contribution in [3.63, 3.8) is 0 Å². The topological polar surface area (TPSA) is 73.6 Å². The Bertz CT molecular complexity index is 1240. The van der Waals surface area contributed by atoms with Crippen LogP contribution in [-0.2, 0) is 16.1 Å². The van der Waals surface area contributed by atoms with Gasteiger partial charge >= 0.3 is 0 Å². The SMILES string of the molecule is COc1ccccc1C1=C(N(C)Cc2ccccc2)C(=O)N(c2ccc(C#N)cc2)C1=O. The number of hydrogen-bond acceptors (Lipinski definition) is 5. The van der Waals surface area contributed by atoms with Gasteiger partial charge in [0.25, 0.3) is 11.8 Å². The first-order chi connectivity index (χ1) is 15.5. The van der Waals surface area contributed by atoms with Gasteiger partial charge in [-0.15, -0.1) is 0 Å². The van der Waals surface area contributed by atoms with Crippen molar-refractivity contribution < 1.29 is 14.3 Å². The lowest BCUT2D eigenvalue weighted by atomic mass is 10.0. The lowest BCUT2D eigenvalue weighted by Gasteiger charge is -2.22. The third-order valence-corrected chi connectivity index (χ3v) is 5.33. The highest BCUT2D eigenvalue weighted by atomic mass is 16.5. The summed E-state index contributed by atoms with van der Waals surface area (Å²) in [6, 6.07) is 25.3. The number of ether oxygens (including phenoxy) is 1. The summed E-state index contributed by atoms with van der Waals surface area (Å²) in [5, 5.41) is 9.07. The van der Waals surface area contributed by atoms with Crippen LogP contribution in [0.3, 0.4) is 0 Å². The average molecular weight is 423 g/mol. The normalized spacial score (nSPS) is 13.3. The van der Waals surface area contributed by atoms with Crippen LogP contribution in [0.15, 0.2) is 84.6 Å². The van der Waals surface area contributed by atoms with Gasteiger partial charge in [0.05, 0.1) is 30.0 Å². The highest BCUT2D eigenvalue weighted by Crippen LogP contribution is 2.38. The summed E-state index contributed by atoms with van der Waals surface area (Å²) >= 11 is 0. The number of imide groups is 1. The molecule has 3 aromatic rings. The van der Waals surface area contributed by atoms with E-state index in [-0.39, 0.29) is 5.57 Å². The first-order valence-electron chi connectivity index (χ1n) is 10.1. The highest BCUT2D eigenvalue weighted by Gasteiger charge is 2.42. The Morgan fingerprint density at radius 2 is 1.56 bits per heavy atom. The number of carbonyl (C=O) groups is 2. The van der Waals surface area contributed by atoms with Crippen LogP contribution in [0, 0.1) is 11.3 Å². The third kappa shape index (κ3) is 3.72. The Labute approximate surface area is 186 Å². The smallest absolute Gasteiger partial charge is 0.282 e. The van der Waals surface area contributed by atoms with Gasteiger partial charge in [-0.1, -0.05) is 48.5 Å². The van der Waals surface area contributed by atoms with Gasteiger partial charge in [0.15, 0.2) is 0 Å². The maximum atomic E-state index is 13.6. The average Bonchev–Trinajstić information content (AvgIpc) is 3.09. The van der Waals surface area contributed by atoms with Crippen LogP contribution in [0.4, 0.5) is 5.69 Å². The van der Waals surface area contributed by atoms with Crippen LogP contribution in [0.2, 0.25) is 0 Å². The van der Waals surface area contributed by atoms with Gasteiger partial charge in [0.2, 0.25) is 0 Å². The molecule has 0 aliphatic carbocycles. The van der Waals surface area contributed by atoms with E-state index in [1.807, 2.05) is 48.5 Å². The second-order valence-corrected chi connectivity index (χ2v) is 7.37. The van der Waals surface area contributed by atoms with Gasteiger partial charge < -0.3 is 9.64 Å². The predicted molar refractivity (Wildman–Crippen MR) is 121 cm³/mol. The number of rotatable bonds is 6. The molecule has 32 heavy (non-hydrogen) atoms. The molecule has 4 rings (SSSR count). The summed E-state index contributed by atoms with van der Waals surface area (Å²) in [4.78, 5) is 30.1. The molecule has 0 spiro atoms. The molecule has 3 aromatic carbocycles. The van der Waals surface area contributed by atoms with E-state index < -0.39 is 11.8 Å². The Kier molecular flexibility index (Phi) is 5.73. The zero-order valence-corrected chi connectivity index (χ0v) is 17.8. The molecule has 6 nitrogen and oxygen atoms in total. The fourth-order valence-electron chi connectivity index (χ4n) is 3.82. The minimum Gasteiger partial charge on any atom is -0.496 e. The van der Waals surface area contributed by atoms with Crippen LogP contribution in [0.1, 0.15) is 16.7 Å². The van der Waals surface area contributed by atoms with Crippen molar-refractivity contribution in [3.8, 4) is 11.8 Å². The first-order valence-corrected chi connectivity index (χ1v) is 10.1. The van der Waals surface area contributed by atoms with Crippen molar-refractivity contribution in [1.82, 2.24) is 4.90 Å². The van der Waals surface area contributed by atoms with E-state index in [1.54, 1.807) is 48.3 Å². The number of benzene rings is 3. The number of nitriles is 1. The zero-order chi connectivity index (χ0) is 22.7. The minimum absolute atomic E-state index is 0.287. The van der Waals surface area contributed by atoms with Gasteiger partial charge in [-0.25, -0.2) is 4.90 Å². The van der Waals surface area contributed by atoms with E-state index in [2.05, 4.69) is 0 Å². The summed E-state index contributed by atoms with van der Waals surface area (Å²) in [7, 11) is 3.33. The monoisotopic (exact) mass is 423 g/mol. The summed E-state index contributed by atoms with van der Waals surface area (Å²) in [5.41, 5.74) is 3.02. The molecule has 0 radical (unpaired) electrons. The molecule has 0 aromatic heterocycles. The maximum absolute atomic E-state index is 13.6. The summed E-state index contributed by atoms with van der Waals surface area (Å²) in [5.74, 6) is -0.339. The highest BCUT2D eigenvalue weighted by molar-refractivity contribution is 6.45. The maximum Gasteiger partial charge on any atom is 0.282 e. The van der Waals surface area contributed by atoms with Gasteiger partial charge in [-0.2, -0.15) is 5.26 Å². The third-order valence-electron chi connectivity index (χ3n) is 5.33. The molecule has 0 N–H and O–H groups in total. The van der Waals surface area contributed by atoms with Crippen molar-refractivity contribution >= 4 is 23.1 Å². The van der Waals surface area contributed by atoms with Crippen LogP contribution in [-0.4, -0.2) is 30.9 Å². The molecule has 1 aliphatic heterocycles. The second-order valence-electron chi connectivity index (χ2n) is 7.37. The van der Waals surface area contributed by atoms with Gasteiger partial charge in [-0.05, 0) is 35.9 Å². The molecule has 1 aliphatic rings. The van der Waals surface area contributed by atoms with Crippen molar-refractivity contribution in [1.29, 1.82) is 5.26 Å². The van der Waals surface area contributed by atoms with E-state index >= 15 is 0 Å².